The summed E-state index contributed by atoms with van der Waals surface area (Å²) in [6.07, 6.45) is 3.88. The van der Waals surface area contributed by atoms with Gasteiger partial charge in [0.25, 0.3) is 11.1 Å². The van der Waals surface area contributed by atoms with Gasteiger partial charge >= 0.3 is 0 Å². The first-order valence-electron chi connectivity index (χ1n) is 12.5. The molecule has 0 atom stereocenters. The monoisotopic (exact) mass is 558 g/mol. The van der Waals surface area contributed by atoms with Crippen molar-refractivity contribution < 1.29 is 28.6 Å². The molecule has 0 aromatic heterocycles. The number of ether oxygens (including phenoxy) is 3. The Bertz CT molecular complexity index is 1450. The summed E-state index contributed by atoms with van der Waals surface area (Å²) < 4.78 is 16.9. The molecule has 1 heterocycles. The van der Waals surface area contributed by atoms with Gasteiger partial charge in [0.15, 0.2) is 11.5 Å². The van der Waals surface area contributed by atoms with E-state index in [9.17, 15) is 14.4 Å². The van der Waals surface area contributed by atoms with Crippen LogP contribution < -0.4 is 19.5 Å². The topological polar surface area (TPSA) is 94.2 Å². The highest BCUT2D eigenvalue weighted by Crippen LogP contribution is 2.37. The number of methoxy groups -OCH3 is 2. The number of amides is 3. The third-order valence-corrected chi connectivity index (χ3v) is 7.00. The Morgan fingerprint density at radius 2 is 1.75 bits per heavy atom. The lowest BCUT2D eigenvalue weighted by molar-refractivity contribution is -0.127. The van der Waals surface area contributed by atoms with Crippen LogP contribution in [-0.4, -0.2) is 42.7 Å². The van der Waals surface area contributed by atoms with Crippen LogP contribution in [0, 0.1) is 6.92 Å². The fourth-order valence-corrected chi connectivity index (χ4v) is 4.87. The van der Waals surface area contributed by atoms with E-state index in [0.717, 1.165) is 27.8 Å². The Morgan fingerprint density at radius 3 is 2.40 bits per heavy atom. The van der Waals surface area contributed by atoms with E-state index in [1.54, 1.807) is 56.7 Å². The van der Waals surface area contributed by atoms with Crippen molar-refractivity contribution in [3.63, 3.8) is 0 Å². The second kappa shape index (κ2) is 13.0. The molecule has 0 spiro atoms. The molecule has 1 aliphatic rings. The molecule has 0 radical (unpaired) electrons. The van der Waals surface area contributed by atoms with Crippen LogP contribution in [-0.2, 0) is 22.6 Å². The lowest BCUT2D eigenvalue weighted by Crippen LogP contribution is -2.36. The summed E-state index contributed by atoms with van der Waals surface area (Å²) >= 11 is 0.785. The number of imide groups is 1. The van der Waals surface area contributed by atoms with Crippen molar-refractivity contribution in [2.45, 2.75) is 20.0 Å². The number of thioether (sulfide) groups is 1. The molecule has 1 fully saturated rings. The molecule has 3 amide bonds. The largest absolute Gasteiger partial charge is 0.497 e. The summed E-state index contributed by atoms with van der Waals surface area (Å²) in [6, 6.07) is 18.4. The summed E-state index contributed by atoms with van der Waals surface area (Å²) in [5, 5.41) is 2.17. The Labute approximate surface area is 237 Å². The van der Waals surface area contributed by atoms with E-state index >= 15 is 0 Å². The highest BCUT2D eigenvalue weighted by molar-refractivity contribution is 8.18. The van der Waals surface area contributed by atoms with Gasteiger partial charge in [-0.05, 0) is 78.7 Å². The van der Waals surface area contributed by atoms with Crippen molar-refractivity contribution in [3.8, 4) is 17.2 Å². The first kappa shape index (κ1) is 28.5. The Morgan fingerprint density at radius 1 is 1.02 bits per heavy atom. The van der Waals surface area contributed by atoms with Gasteiger partial charge in [-0.2, -0.15) is 0 Å². The maximum absolute atomic E-state index is 13.1. The summed E-state index contributed by atoms with van der Waals surface area (Å²) in [5.74, 6) is 0.703. The highest BCUT2D eigenvalue weighted by Gasteiger charge is 2.36. The Balaban J connectivity index is 1.50. The molecule has 3 aromatic rings. The molecular weight excluding hydrogens is 528 g/mol. The van der Waals surface area contributed by atoms with E-state index < -0.39 is 23.6 Å². The number of allylic oxidation sites excluding steroid dienone is 1. The first-order valence-corrected chi connectivity index (χ1v) is 13.3. The minimum Gasteiger partial charge on any atom is -0.497 e. The fraction of sp³-hybridized carbons (Fsp3) is 0.194. The molecular formula is C31H30N2O6S. The molecule has 3 aromatic carbocycles. The molecule has 0 saturated carbocycles. The Hall–Kier alpha value is -4.50. The van der Waals surface area contributed by atoms with Crippen LogP contribution in [0.15, 0.2) is 78.2 Å². The number of benzene rings is 3. The third kappa shape index (κ3) is 6.92. The summed E-state index contributed by atoms with van der Waals surface area (Å²) in [4.78, 5) is 39.3. The van der Waals surface area contributed by atoms with Gasteiger partial charge in [0, 0.05) is 11.3 Å². The van der Waals surface area contributed by atoms with E-state index in [2.05, 4.69) is 11.9 Å². The smallest absolute Gasteiger partial charge is 0.294 e. The van der Waals surface area contributed by atoms with Gasteiger partial charge in [-0.25, -0.2) is 0 Å². The predicted molar refractivity (Wildman–Crippen MR) is 157 cm³/mol. The van der Waals surface area contributed by atoms with Crippen molar-refractivity contribution >= 4 is 40.6 Å². The van der Waals surface area contributed by atoms with Crippen molar-refractivity contribution in [2.75, 3.05) is 26.1 Å². The summed E-state index contributed by atoms with van der Waals surface area (Å²) in [7, 11) is 3.09. The van der Waals surface area contributed by atoms with E-state index in [1.807, 2.05) is 37.3 Å². The molecule has 1 saturated heterocycles. The lowest BCUT2D eigenvalue weighted by Gasteiger charge is -2.16. The summed E-state index contributed by atoms with van der Waals surface area (Å²) in [5.41, 5.74) is 4.20. The van der Waals surface area contributed by atoms with Crippen LogP contribution in [0.25, 0.3) is 6.08 Å². The lowest BCUT2D eigenvalue weighted by atomic mass is 10.0. The predicted octanol–water partition coefficient (Wildman–Crippen LogP) is 5.99. The molecule has 1 aliphatic heterocycles. The quantitative estimate of drug-likeness (QED) is 0.228. The number of carbonyl (C=O) groups is 3. The van der Waals surface area contributed by atoms with Crippen LogP contribution in [0.4, 0.5) is 10.5 Å². The number of nitrogens with zero attached hydrogens (tertiary/aromatic N) is 1. The average molecular weight is 559 g/mol. The van der Waals surface area contributed by atoms with Crippen molar-refractivity contribution in [2.24, 2.45) is 0 Å². The second-order valence-corrected chi connectivity index (χ2v) is 10.0. The standard InChI is InChI=1S/C31H30N2O6S/c1-5-6-23-15-22(16-26(38-4)29(23)39-19-21-9-7-20(2)8-10-21)17-27-30(35)33(31(36)40-27)18-28(34)32-24-11-13-25(37-3)14-12-24/h5,7-17H,1,6,18-19H2,2-4H3,(H,32,34)/b27-17+. The van der Waals surface area contributed by atoms with Gasteiger partial charge in [-0.1, -0.05) is 35.9 Å². The zero-order valence-corrected chi connectivity index (χ0v) is 23.4. The number of hydrogen-bond donors (Lipinski definition) is 1. The number of nitrogens with one attached hydrogen (secondary N) is 1. The van der Waals surface area contributed by atoms with E-state index in [-0.39, 0.29) is 4.91 Å². The van der Waals surface area contributed by atoms with Gasteiger partial charge in [0.05, 0.1) is 19.1 Å². The molecule has 9 heteroatoms. The zero-order valence-electron chi connectivity index (χ0n) is 22.6. The molecule has 8 nitrogen and oxygen atoms in total. The zero-order chi connectivity index (χ0) is 28.6. The fourth-order valence-electron chi connectivity index (χ4n) is 4.04. The van der Waals surface area contributed by atoms with Gasteiger partial charge in [-0.3, -0.25) is 19.3 Å². The molecule has 4 rings (SSSR count). The number of carbonyl (C=O) groups excluding carboxylic acids is 3. The van der Waals surface area contributed by atoms with Crippen LogP contribution >= 0.6 is 11.8 Å². The van der Waals surface area contributed by atoms with Crippen molar-refractivity contribution in [1.29, 1.82) is 0 Å². The van der Waals surface area contributed by atoms with Crippen LogP contribution in [0.5, 0.6) is 17.2 Å². The maximum atomic E-state index is 13.1. The minimum absolute atomic E-state index is 0.210. The maximum Gasteiger partial charge on any atom is 0.294 e. The number of aryl methyl sites for hydroxylation is 1. The minimum atomic E-state index is -0.538. The van der Waals surface area contributed by atoms with E-state index in [4.69, 9.17) is 14.2 Å². The first-order chi connectivity index (χ1) is 19.3. The SMILES string of the molecule is C=CCc1cc(/C=C2/SC(=O)N(CC(=O)Nc3ccc(OC)cc3)C2=O)cc(OC)c1OCc1ccc(C)cc1. The molecule has 40 heavy (non-hydrogen) atoms. The van der Waals surface area contributed by atoms with Crippen molar-refractivity contribution in [1.82, 2.24) is 4.90 Å². The Kier molecular flexibility index (Phi) is 9.29. The van der Waals surface area contributed by atoms with E-state index in [1.165, 1.54) is 5.56 Å². The third-order valence-electron chi connectivity index (χ3n) is 6.09. The second-order valence-electron chi connectivity index (χ2n) is 9.02. The van der Waals surface area contributed by atoms with Gasteiger partial charge in [0.2, 0.25) is 5.91 Å². The molecule has 0 aliphatic carbocycles. The van der Waals surface area contributed by atoms with Crippen LogP contribution in [0.2, 0.25) is 0 Å². The van der Waals surface area contributed by atoms with Gasteiger partial charge in [-0.15, -0.1) is 6.58 Å². The van der Waals surface area contributed by atoms with Gasteiger partial charge < -0.3 is 19.5 Å². The van der Waals surface area contributed by atoms with Crippen molar-refractivity contribution in [3.05, 3.63) is 100 Å². The normalized spacial score (nSPS) is 13.9. The highest BCUT2D eigenvalue weighted by atomic mass is 32.2. The summed E-state index contributed by atoms with van der Waals surface area (Å²) in [6.45, 7) is 5.84. The average Bonchev–Trinajstić information content (AvgIpc) is 3.20. The van der Waals surface area contributed by atoms with Crippen LogP contribution in [0.1, 0.15) is 22.3 Å². The molecule has 0 unspecified atom stereocenters. The molecule has 1 N–H and O–H groups in total. The van der Waals surface area contributed by atoms with Gasteiger partial charge in [0.1, 0.15) is 18.9 Å². The number of hydrogen-bond acceptors (Lipinski definition) is 7. The van der Waals surface area contributed by atoms with E-state index in [0.29, 0.717) is 41.5 Å². The number of rotatable bonds is 11. The van der Waals surface area contributed by atoms with Crippen LogP contribution in [0.3, 0.4) is 0 Å². The molecule has 0 bridgehead atoms. The molecule has 206 valence electrons. The number of anilines is 1.